The van der Waals surface area contributed by atoms with Crippen molar-refractivity contribution in [1.82, 2.24) is 15.1 Å². The minimum Gasteiger partial charge on any atom is -0.355 e. The van der Waals surface area contributed by atoms with Crippen molar-refractivity contribution < 1.29 is 19.2 Å². The summed E-state index contributed by atoms with van der Waals surface area (Å²) in [5.41, 5.74) is 0. The average molecular weight is 269 g/mol. The number of rotatable bonds is 6. The molecule has 1 fully saturated rings. The zero-order valence-electron chi connectivity index (χ0n) is 11.3. The maximum Gasteiger partial charge on any atom is 0.242 e. The fourth-order valence-corrected chi connectivity index (χ4v) is 1.68. The van der Waals surface area contributed by atoms with Gasteiger partial charge in [-0.1, -0.05) is 6.92 Å². The van der Waals surface area contributed by atoms with E-state index >= 15 is 0 Å². The largest absolute Gasteiger partial charge is 0.355 e. The molecule has 1 heterocycles. The zero-order valence-corrected chi connectivity index (χ0v) is 11.3. The Hall–Kier alpha value is -1.92. The van der Waals surface area contributed by atoms with Crippen molar-refractivity contribution in [3.05, 3.63) is 0 Å². The van der Waals surface area contributed by atoms with Crippen LogP contribution in [0.3, 0.4) is 0 Å². The molecule has 19 heavy (non-hydrogen) atoms. The van der Waals surface area contributed by atoms with Crippen LogP contribution in [-0.2, 0) is 19.2 Å². The third kappa shape index (κ3) is 4.35. The summed E-state index contributed by atoms with van der Waals surface area (Å²) in [4.78, 5) is 48.1. The predicted octanol–water partition coefficient (Wildman–Crippen LogP) is -0.880. The highest BCUT2D eigenvalue weighted by Crippen LogP contribution is 2.11. The molecule has 0 aromatic rings. The van der Waals surface area contributed by atoms with Gasteiger partial charge in [-0.15, -0.1) is 0 Å². The third-order valence-electron chi connectivity index (χ3n) is 2.83. The highest BCUT2D eigenvalue weighted by molar-refractivity contribution is 6.04. The standard InChI is InChI=1S/C12H19N3O4/c1-3-6-13-9(16)7-14(2)12(19)8-15-10(17)4-5-11(15)18/h3-8H2,1-2H3,(H,13,16). The summed E-state index contributed by atoms with van der Waals surface area (Å²) in [6.45, 7) is 2.13. The number of likely N-dealkylation sites (N-methyl/N-ethyl adjacent to an activating group) is 1. The molecule has 0 saturated carbocycles. The normalized spacial score (nSPS) is 14.7. The number of nitrogens with zero attached hydrogens (tertiary/aromatic N) is 2. The van der Waals surface area contributed by atoms with E-state index < -0.39 is 5.91 Å². The predicted molar refractivity (Wildman–Crippen MR) is 66.9 cm³/mol. The van der Waals surface area contributed by atoms with Gasteiger partial charge >= 0.3 is 0 Å². The molecule has 1 aliphatic heterocycles. The molecule has 1 aliphatic rings. The SMILES string of the molecule is CCCNC(=O)CN(C)C(=O)CN1C(=O)CCC1=O. The summed E-state index contributed by atoms with van der Waals surface area (Å²) >= 11 is 0. The third-order valence-corrected chi connectivity index (χ3v) is 2.83. The molecule has 0 aliphatic carbocycles. The van der Waals surface area contributed by atoms with Crippen LogP contribution in [0.15, 0.2) is 0 Å². The number of hydrogen-bond donors (Lipinski definition) is 1. The Morgan fingerprint density at radius 1 is 1.26 bits per heavy atom. The molecule has 1 rings (SSSR count). The van der Waals surface area contributed by atoms with Gasteiger partial charge in [-0.2, -0.15) is 0 Å². The van der Waals surface area contributed by atoms with Crippen molar-refractivity contribution in [2.75, 3.05) is 26.7 Å². The zero-order chi connectivity index (χ0) is 14.4. The van der Waals surface area contributed by atoms with E-state index in [9.17, 15) is 19.2 Å². The Morgan fingerprint density at radius 2 is 1.84 bits per heavy atom. The molecular weight excluding hydrogens is 250 g/mol. The van der Waals surface area contributed by atoms with Crippen LogP contribution >= 0.6 is 0 Å². The molecule has 4 amide bonds. The van der Waals surface area contributed by atoms with E-state index in [-0.39, 0.29) is 43.7 Å². The van der Waals surface area contributed by atoms with E-state index in [1.807, 2.05) is 6.92 Å². The van der Waals surface area contributed by atoms with Crippen molar-refractivity contribution >= 4 is 23.6 Å². The van der Waals surface area contributed by atoms with Gasteiger partial charge in [0.1, 0.15) is 6.54 Å². The fourth-order valence-electron chi connectivity index (χ4n) is 1.68. The molecule has 0 atom stereocenters. The van der Waals surface area contributed by atoms with Crippen molar-refractivity contribution in [3.8, 4) is 0 Å². The monoisotopic (exact) mass is 269 g/mol. The van der Waals surface area contributed by atoms with Gasteiger partial charge in [0.2, 0.25) is 23.6 Å². The Bertz CT molecular complexity index is 378. The second-order valence-corrected chi connectivity index (χ2v) is 4.47. The minimum absolute atomic E-state index is 0.0744. The molecule has 0 unspecified atom stereocenters. The molecule has 1 saturated heterocycles. The lowest BCUT2D eigenvalue weighted by Crippen LogP contribution is -2.44. The van der Waals surface area contributed by atoms with Crippen molar-refractivity contribution in [2.24, 2.45) is 0 Å². The molecule has 0 spiro atoms. The number of carbonyl (C=O) groups excluding carboxylic acids is 4. The highest BCUT2D eigenvalue weighted by atomic mass is 16.2. The summed E-state index contributed by atoms with van der Waals surface area (Å²) in [5.74, 6) is -1.34. The van der Waals surface area contributed by atoms with Crippen LogP contribution in [0.5, 0.6) is 0 Å². The molecule has 7 heteroatoms. The smallest absolute Gasteiger partial charge is 0.242 e. The minimum atomic E-state index is -0.421. The number of nitrogens with one attached hydrogen (secondary N) is 1. The second-order valence-electron chi connectivity index (χ2n) is 4.47. The highest BCUT2D eigenvalue weighted by Gasteiger charge is 2.31. The van der Waals surface area contributed by atoms with Gasteiger partial charge in [-0.05, 0) is 6.42 Å². The maximum atomic E-state index is 11.8. The number of amides is 4. The van der Waals surface area contributed by atoms with Gasteiger partial charge in [0.25, 0.3) is 0 Å². The van der Waals surface area contributed by atoms with E-state index in [4.69, 9.17) is 0 Å². The van der Waals surface area contributed by atoms with Gasteiger partial charge in [0.05, 0.1) is 6.54 Å². The maximum absolute atomic E-state index is 11.8. The number of likely N-dealkylation sites (tertiary alicyclic amines) is 1. The van der Waals surface area contributed by atoms with Crippen molar-refractivity contribution in [3.63, 3.8) is 0 Å². The van der Waals surface area contributed by atoms with Gasteiger partial charge < -0.3 is 10.2 Å². The van der Waals surface area contributed by atoms with Gasteiger partial charge in [0, 0.05) is 26.4 Å². The van der Waals surface area contributed by atoms with Crippen molar-refractivity contribution in [1.29, 1.82) is 0 Å². The molecule has 0 radical (unpaired) electrons. The van der Waals surface area contributed by atoms with Crippen molar-refractivity contribution in [2.45, 2.75) is 26.2 Å². The molecule has 1 N–H and O–H groups in total. The Labute approximate surface area is 111 Å². The van der Waals surface area contributed by atoms with E-state index in [2.05, 4.69) is 5.32 Å². The molecule has 0 aromatic heterocycles. The molecule has 106 valence electrons. The van der Waals surface area contributed by atoms with Crippen LogP contribution in [-0.4, -0.2) is 60.1 Å². The van der Waals surface area contributed by atoms with Crippen LogP contribution in [0.1, 0.15) is 26.2 Å². The first-order valence-electron chi connectivity index (χ1n) is 6.29. The first kappa shape index (κ1) is 15.1. The quantitative estimate of drug-likeness (QED) is 0.634. The lowest BCUT2D eigenvalue weighted by atomic mass is 10.4. The van der Waals surface area contributed by atoms with Gasteiger partial charge in [-0.25, -0.2) is 0 Å². The summed E-state index contributed by atoms with van der Waals surface area (Å²) < 4.78 is 0. The fraction of sp³-hybridized carbons (Fsp3) is 0.667. The topological polar surface area (TPSA) is 86.8 Å². The van der Waals surface area contributed by atoms with Gasteiger partial charge in [-0.3, -0.25) is 24.1 Å². The molecule has 0 bridgehead atoms. The first-order valence-corrected chi connectivity index (χ1v) is 6.29. The first-order chi connectivity index (χ1) is 8.95. The number of hydrogen-bond acceptors (Lipinski definition) is 4. The van der Waals surface area contributed by atoms with Crippen LogP contribution in [0.25, 0.3) is 0 Å². The summed E-state index contributed by atoms with van der Waals surface area (Å²) in [5, 5.41) is 2.65. The van der Waals surface area contributed by atoms with E-state index in [1.54, 1.807) is 0 Å². The lowest BCUT2D eigenvalue weighted by molar-refractivity contribution is -0.145. The van der Waals surface area contributed by atoms with Crippen LogP contribution in [0, 0.1) is 0 Å². The van der Waals surface area contributed by atoms with Gasteiger partial charge in [0.15, 0.2) is 0 Å². The van der Waals surface area contributed by atoms with E-state index in [1.165, 1.54) is 11.9 Å². The van der Waals surface area contributed by atoms with Crippen LogP contribution < -0.4 is 5.32 Å². The van der Waals surface area contributed by atoms with Crippen LogP contribution in [0.4, 0.5) is 0 Å². The number of carbonyl (C=O) groups is 4. The number of imide groups is 1. The average Bonchev–Trinajstić information content (AvgIpc) is 2.67. The molecule has 7 nitrogen and oxygen atoms in total. The lowest BCUT2D eigenvalue weighted by Gasteiger charge is -2.20. The Balaban J connectivity index is 2.42. The molecular formula is C12H19N3O4. The molecule has 0 aromatic carbocycles. The summed E-state index contributed by atoms with van der Waals surface area (Å²) in [6.07, 6.45) is 1.14. The second kappa shape index (κ2) is 6.86. The summed E-state index contributed by atoms with van der Waals surface area (Å²) in [6, 6.07) is 0. The Morgan fingerprint density at radius 3 is 2.37 bits per heavy atom. The van der Waals surface area contributed by atoms with E-state index in [0.717, 1.165) is 11.3 Å². The van der Waals surface area contributed by atoms with Crippen LogP contribution in [0.2, 0.25) is 0 Å². The summed E-state index contributed by atoms with van der Waals surface area (Å²) in [7, 11) is 1.47. The van der Waals surface area contributed by atoms with E-state index in [0.29, 0.717) is 6.54 Å². The Kier molecular flexibility index (Phi) is 5.47.